The molecule has 2 N–H and O–H groups in total. The summed E-state index contributed by atoms with van der Waals surface area (Å²) < 4.78 is 0. The van der Waals surface area contributed by atoms with E-state index in [0.717, 1.165) is 12.1 Å². The molecule has 0 heterocycles. The van der Waals surface area contributed by atoms with Crippen molar-refractivity contribution in [3.63, 3.8) is 0 Å². The van der Waals surface area contributed by atoms with Crippen molar-refractivity contribution in [3.8, 4) is 0 Å². The molecule has 0 atom stereocenters. The molecule has 0 fully saturated rings. The van der Waals surface area contributed by atoms with Crippen LogP contribution in [0.15, 0.2) is 12.1 Å². The van der Waals surface area contributed by atoms with Gasteiger partial charge in [0.15, 0.2) is 5.02 Å². The van der Waals surface area contributed by atoms with E-state index >= 15 is 0 Å². The molecule has 1 aromatic rings. The fourth-order valence-corrected chi connectivity index (χ4v) is 1.28. The lowest BCUT2D eigenvalue weighted by atomic mass is 10.2. The van der Waals surface area contributed by atoms with Gasteiger partial charge in [-0.1, -0.05) is 11.6 Å². The van der Waals surface area contributed by atoms with Crippen LogP contribution in [0, 0.1) is 20.2 Å². The summed E-state index contributed by atoms with van der Waals surface area (Å²) in [5, 5.41) is 20.6. The van der Waals surface area contributed by atoms with Crippen LogP contribution in [0.1, 0.15) is 5.56 Å². The van der Waals surface area contributed by atoms with Gasteiger partial charge in [0.05, 0.1) is 9.85 Å². The van der Waals surface area contributed by atoms with Crippen molar-refractivity contribution in [2.24, 2.45) is 5.73 Å². The van der Waals surface area contributed by atoms with Gasteiger partial charge in [0.1, 0.15) is 0 Å². The summed E-state index contributed by atoms with van der Waals surface area (Å²) in [5.41, 5.74) is 4.52. The molecule has 0 spiro atoms. The first-order valence-corrected chi connectivity index (χ1v) is 4.16. The second kappa shape index (κ2) is 4.20. The molecule has 80 valence electrons. The van der Waals surface area contributed by atoms with Crippen LogP contribution >= 0.6 is 11.6 Å². The lowest BCUT2D eigenvalue weighted by molar-refractivity contribution is -0.394. The predicted molar refractivity (Wildman–Crippen MR) is 52.7 cm³/mol. The minimum atomic E-state index is -0.783. The van der Waals surface area contributed by atoms with Crippen LogP contribution < -0.4 is 5.73 Å². The number of nitro benzene ring substituents is 2. The number of rotatable bonds is 3. The zero-order valence-electron chi connectivity index (χ0n) is 7.34. The summed E-state index contributed by atoms with van der Waals surface area (Å²) in [6.07, 6.45) is 0. The normalized spacial score (nSPS) is 10.0. The largest absolute Gasteiger partial charge is 0.326 e. The standard InChI is InChI=1S/C7H6ClN3O4/c8-7-5(10(12)13)1-4(3-9)2-6(7)11(14)15/h1-2H,3,9H2. The Morgan fingerprint density at radius 3 is 1.87 bits per heavy atom. The van der Waals surface area contributed by atoms with Crippen LogP contribution in [-0.2, 0) is 6.54 Å². The number of halogens is 1. The molecule has 1 rings (SSSR count). The Morgan fingerprint density at radius 2 is 1.60 bits per heavy atom. The van der Waals surface area contributed by atoms with Gasteiger partial charge in [0.2, 0.25) is 0 Å². The minimum absolute atomic E-state index is 0.0289. The second-order valence-corrected chi connectivity index (χ2v) is 3.04. The first-order valence-electron chi connectivity index (χ1n) is 3.78. The zero-order chi connectivity index (χ0) is 11.6. The first-order chi connectivity index (χ1) is 6.97. The van der Waals surface area contributed by atoms with Crippen molar-refractivity contribution in [3.05, 3.63) is 42.9 Å². The van der Waals surface area contributed by atoms with Gasteiger partial charge >= 0.3 is 0 Å². The molecule has 0 aromatic heterocycles. The molecular formula is C7H6ClN3O4. The smallest absolute Gasteiger partial charge is 0.295 e. The maximum absolute atomic E-state index is 10.5. The number of benzene rings is 1. The van der Waals surface area contributed by atoms with Crippen LogP contribution in [0.5, 0.6) is 0 Å². The summed E-state index contributed by atoms with van der Waals surface area (Å²) in [7, 11) is 0. The van der Waals surface area contributed by atoms with Crippen molar-refractivity contribution in [2.75, 3.05) is 0 Å². The maximum Gasteiger partial charge on any atom is 0.295 e. The quantitative estimate of drug-likeness (QED) is 0.627. The van der Waals surface area contributed by atoms with Gasteiger partial charge in [-0.25, -0.2) is 0 Å². The molecule has 7 nitrogen and oxygen atoms in total. The molecule has 1 aromatic carbocycles. The Hall–Kier alpha value is -1.73. The molecule has 0 aliphatic heterocycles. The third-order valence-electron chi connectivity index (χ3n) is 1.72. The monoisotopic (exact) mass is 231 g/mol. The van der Waals surface area contributed by atoms with Gasteiger partial charge in [0.25, 0.3) is 11.4 Å². The number of nitrogens with zero attached hydrogens (tertiary/aromatic N) is 2. The van der Waals surface area contributed by atoms with Crippen LogP contribution in [0.4, 0.5) is 11.4 Å². The molecular weight excluding hydrogens is 226 g/mol. The van der Waals surface area contributed by atoms with E-state index in [0.29, 0.717) is 0 Å². The number of hydrogen-bond acceptors (Lipinski definition) is 5. The molecule has 0 saturated carbocycles. The summed E-state index contributed by atoms with van der Waals surface area (Å²) in [6, 6.07) is 2.24. The van der Waals surface area contributed by atoms with E-state index in [4.69, 9.17) is 17.3 Å². The van der Waals surface area contributed by atoms with Crippen LogP contribution in [-0.4, -0.2) is 9.85 Å². The third kappa shape index (κ3) is 2.20. The third-order valence-corrected chi connectivity index (χ3v) is 2.11. The molecule has 15 heavy (non-hydrogen) atoms. The highest BCUT2D eigenvalue weighted by molar-refractivity contribution is 6.34. The molecule has 8 heteroatoms. The highest BCUT2D eigenvalue weighted by Crippen LogP contribution is 2.34. The van der Waals surface area contributed by atoms with Gasteiger partial charge in [-0.05, 0) is 5.56 Å². The number of nitrogens with two attached hydrogens (primary N) is 1. The lowest BCUT2D eigenvalue weighted by Crippen LogP contribution is -2.01. The van der Waals surface area contributed by atoms with Crippen LogP contribution in [0.2, 0.25) is 5.02 Å². The van der Waals surface area contributed by atoms with Crippen molar-refractivity contribution in [1.29, 1.82) is 0 Å². The van der Waals surface area contributed by atoms with E-state index in [1.165, 1.54) is 0 Å². The first kappa shape index (κ1) is 11.3. The van der Waals surface area contributed by atoms with Crippen LogP contribution in [0.3, 0.4) is 0 Å². The van der Waals surface area contributed by atoms with E-state index in [-0.39, 0.29) is 12.1 Å². The van der Waals surface area contributed by atoms with Crippen molar-refractivity contribution >= 4 is 23.0 Å². The van der Waals surface area contributed by atoms with E-state index < -0.39 is 26.2 Å². The Kier molecular flexibility index (Phi) is 3.17. The second-order valence-electron chi connectivity index (χ2n) is 2.67. The number of hydrogen-bond donors (Lipinski definition) is 1. The van der Waals surface area contributed by atoms with Gasteiger partial charge in [-0.15, -0.1) is 0 Å². The summed E-state index contributed by atoms with van der Waals surface area (Å²) in [5.74, 6) is 0. The highest BCUT2D eigenvalue weighted by Gasteiger charge is 2.24. The van der Waals surface area contributed by atoms with Crippen molar-refractivity contribution in [2.45, 2.75) is 6.54 Å². The minimum Gasteiger partial charge on any atom is -0.326 e. The fraction of sp³-hybridized carbons (Fsp3) is 0.143. The SMILES string of the molecule is NCc1cc([N+](=O)[O-])c(Cl)c([N+](=O)[O-])c1. The molecule has 0 amide bonds. The zero-order valence-corrected chi connectivity index (χ0v) is 8.10. The molecule has 0 radical (unpaired) electrons. The molecule has 0 unspecified atom stereocenters. The van der Waals surface area contributed by atoms with Crippen LogP contribution in [0.25, 0.3) is 0 Å². The maximum atomic E-state index is 10.5. The highest BCUT2D eigenvalue weighted by atomic mass is 35.5. The summed E-state index contributed by atoms with van der Waals surface area (Å²) in [6.45, 7) is -0.0289. The fourth-order valence-electron chi connectivity index (χ4n) is 1.03. The Morgan fingerprint density at radius 1 is 1.20 bits per heavy atom. The summed E-state index contributed by atoms with van der Waals surface area (Å²) in [4.78, 5) is 19.5. The van der Waals surface area contributed by atoms with E-state index in [9.17, 15) is 20.2 Å². The Balaban J connectivity index is 3.47. The Labute approximate surface area is 88.7 Å². The van der Waals surface area contributed by atoms with Crippen molar-refractivity contribution in [1.82, 2.24) is 0 Å². The van der Waals surface area contributed by atoms with E-state index in [1.54, 1.807) is 0 Å². The van der Waals surface area contributed by atoms with Crippen molar-refractivity contribution < 1.29 is 9.85 Å². The molecule has 0 bridgehead atoms. The van der Waals surface area contributed by atoms with E-state index in [2.05, 4.69) is 0 Å². The molecule has 0 aliphatic rings. The number of nitro groups is 2. The van der Waals surface area contributed by atoms with Gasteiger partial charge in [-0.3, -0.25) is 20.2 Å². The average molecular weight is 232 g/mol. The van der Waals surface area contributed by atoms with E-state index in [1.807, 2.05) is 0 Å². The molecule has 0 aliphatic carbocycles. The molecule has 0 saturated heterocycles. The average Bonchev–Trinajstić information content (AvgIpc) is 2.17. The lowest BCUT2D eigenvalue weighted by Gasteiger charge is -2.00. The Bertz CT molecular complexity index is 399. The summed E-state index contributed by atoms with van der Waals surface area (Å²) >= 11 is 5.50. The predicted octanol–water partition coefficient (Wildman–Crippen LogP) is 1.62. The van der Waals surface area contributed by atoms with Gasteiger partial charge in [0, 0.05) is 18.7 Å². The van der Waals surface area contributed by atoms with Gasteiger partial charge in [-0.2, -0.15) is 0 Å². The van der Waals surface area contributed by atoms with Gasteiger partial charge < -0.3 is 5.73 Å². The topological polar surface area (TPSA) is 112 Å².